The summed E-state index contributed by atoms with van der Waals surface area (Å²) < 4.78 is 10.8. The van der Waals surface area contributed by atoms with Crippen molar-refractivity contribution in [3.8, 4) is 5.75 Å². The summed E-state index contributed by atoms with van der Waals surface area (Å²) in [6.45, 7) is 6.33. The van der Waals surface area contributed by atoms with Gasteiger partial charge in [0.05, 0.1) is 6.61 Å². The molecule has 0 spiro atoms. The molecule has 208 valence electrons. The van der Waals surface area contributed by atoms with Crippen LogP contribution in [0.1, 0.15) is 52.2 Å². The third-order valence-electron chi connectivity index (χ3n) is 7.55. The molecule has 5 rings (SSSR count). The van der Waals surface area contributed by atoms with E-state index >= 15 is 0 Å². The summed E-state index contributed by atoms with van der Waals surface area (Å²) in [6.07, 6.45) is 2.20. The van der Waals surface area contributed by atoms with Crippen LogP contribution >= 0.6 is 0 Å². The van der Waals surface area contributed by atoms with Crippen molar-refractivity contribution in [3.05, 3.63) is 89.0 Å². The summed E-state index contributed by atoms with van der Waals surface area (Å²) in [7, 11) is 0. The molecule has 0 aliphatic carbocycles. The third kappa shape index (κ3) is 6.45. The molecule has 2 fully saturated rings. The lowest BCUT2D eigenvalue weighted by Gasteiger charge is -2.32. The van der Waals surface area contributed by atoms with Crippen LogP contribution in [0, 0.1) is 13.8 Å². The van der Waals surface area contributed by atoms with E-state index in [2.05, 4.69) is 5.32 Å². The molecule has 0 aromatic heterocycles. The zero-order chi connectivity index (χ0) is 28.1. The highest BCUT2D eigenvalue weighted by Gasteiger charge is 2.26. The van der Waals surface area contributed by atoms with Crippen molar-refractivity contribution < 1.29 is 23.9 Å². The number of anilines is 2. The zero-order valence-corrected chi connectivity index (χ0v) is 23.0. The van der Waals surface area contributed by atoms with E-state index in [0.717, 1.165) is 47.5 Å². The molecule has 40 heavy (non-hydrogen) atoms. The molecular weight excluding hydrogens is 506 g/mol. The average molecular weight is 542 g/mol. The fourth-order valence-electron chi connectivity index (χ4n) is 5.21. The summed E-state index contributed by atoms with van der Waals surface area (Å²) in [4.78, 5) is 41.0. The molecule has 2 aliphatic rings. The summed E-state index contributed by atoms with van der Waals surface area (Å²) in [5, 5.41) is 2.90. The van der Waals surface area contributed by atoms with Gasteiger partial charge < -0.3 is 19.7 Å². The van der Waals surface area contributed by atoms with Crippen LogP contribution < -0.4 is 15.0 Å². The van der Waals surface area contributed by atoms with Gasteiger partial charge in [-0.2, -0.15) is 0 Å². The molecule has 1 N–H and O–H groups in total. The van der Waals surface area contributed by atoms with Crippen LogP contribution in [0.2, 0.25) is 0 Å². The monoisotopic (exact) mass is 541 g/mol. The van der Waals surface area contributed by atoms with Crippen LogP contribution in [-0.2, 0) is 9.53 Å². The summed E-state index contributed by atoms with van der Waals surface area (Å²) in [5.41, 5.74) is 5.38. The van der Waals surface area contributed by atoms with Crippen LogP contribution in [0.3, 0.4) is 0 Å². The Morgan fingerprint density at radius 3 is 2.38 bits per heavy atom. The van der Waals surface area contributed by atoms with Gasteiger partial charge in [-0.1, -0.05) is 24.3 Å². The maximum atomic E-state index is 13.1. The molecule has 3 aromatic carbocycles. The Labute approximate surface area is 234 Å². The lowest BCUT2D eigenvalue weighted by molar-refractivity contribution is -0.118. The smallest absolute Gasteiger partial charge is 0.414 e. The Bertz CT molecular complexity index is 1360. The molecule has 0 saturated carbocycles. The molecule has 2 saturated heterocycles. The van der Waals surface area contributed by atoms with Gasteiger partial charge in [-0.05, 0) is 98.2 Å². The van der Waals surface area contributed by atoms with Crippen LogP contribution in [-0.4, -0.2) is 55.7 Å². The van der Waals surface area contributed by atoms with Gasteiger partial charge in [-0.25, -0.2) is 4.79 Å². The lowest BCUT2D eigenvalue weighted by atomic mass is 9.89. The fourth-order valence-corrected chi connectivity index (χ4v) is 5.21. The number of hydrogen-bond acceptors (Lipinski definition) is 5. The zero-order valence-electron chi connectivity index (χ0n) is 23.0. The standard InChI is InChI=1S/C32H35N3O5/c1-22-4-5-23(2)29(20-22)40-21-30(36)33-27-10-6-24(7-11-27)25-14-17-34(18-15-25)31(37)26-8-12-28(13-9-26)35-16-3-19-39-32(35)38/h4-13,20,25H,3,14-19,21H2,1-2H3,(H,33,36). The SMILES string of the molecule is Cc1ccc(C)c(OCC(=O)Nc2ccc(C3CCN(C(=O)c4ccc(N5CCCOC5=O)cc4)CC3)cc2)c1. The maximum Gasteiger partial charge on any atom is 0.414 e. The first-order chi connectivity index (χ1) is 19.4. The number of carbonyl (C=O) groups excluding carboxylic acids is 3. The normalized spacial score (nSPS) is 15.9. The van der Waals surface area contributed by atoms with Gasteiger partial charge in [0.25, 0.3) is 11.8 Å². The number of cyclic esters (lactones) is 1. The first-order valence-corrected chi connectivity index (χ1v) is 13.8. The minimum atomic E-state index is -0.343. The first-order valence-electron chi connectivity index (χ1n) is 13.8. The van der Waals surface area contributed by atoms with Crippen molar-refractivity contribution >= 4 is 29.3 Å². The van der Waals surface area contributed by atoms with Gasteiger partial charge in [0.2, 0.25) is 0 Å². The van der Waals surface area contributed by atoms with Crippen molar-refractivity contribution in [2.24, 2.45) is 0 Å². The number of nitrogens with one attached hydrogen (secondary N) is 1. The van der Waals surface area contributed by atoms with Gasteiger partial charge in [0.1, 0.15) is 5.75 Å². The molecule has 2 aliphatic heterocycles. The molecule has 3 amide bonds. The molecule has 0 unspecified atom stereocenters. The van der Waals surface area contributed by atoms with E-state index in [4.69, 9.17) is 9.47 Å². The molecular formula is C32H35N3O5. The summed E-state index contributed by atoms with van der Waals surface area (Å²) in [5.74, 6) is 0.877. The van der Waals surface area contributed by atoms with Gasteiger partial charge in [-0.15, -0.1) is 0 Å². The molecule has 8 nitrogen and oxygen atoms in total. The Hall–Kier alpha value is -4.33. The second kappa shape index (κ2) is 12.2. The Balaban J connectivity index is 1.09. The van der Waals surface area contributed by atoms with E-state index in [1.165, 1.54) is 5.56 Å². The van der Waals surface area contributed by atoms with Gasteiger partial charge in [0.15, 0.2) is 6.61 Å². The van der Waals surface area contributed by atoms with Crippen LogP contribution in [0.4, 0.5) is 16.2 Å². The number of hydrogen-bond donors (Lipinski definition) is 1. The van der Waals surface area contributed by atoms with Crippen LogP contribution in [0.25, 0.3) is 0 Å². The fraction of sp³-hybridized carbons (Fsp3) is 0.344. The molecule has 2 heterocycles. The topological polar surface area (TPSA) is 88.2 Å². The Kier molecular flexibility index (Phi) is 8.34. The minimum absolute atomic E-state index is 0.00681. The van der Waals surface area contributed by atoms with Crippen molar-refractivity contribution in [2.75, 3.05) is 43.1 Å². The number of nitrogens with zero attached hydrogens (tertiary/aromatic N) is 2. The van der Waals surface area contributed by atoms with E-state index in [-0.39, 0.29) is 24.5 Å². The number of amides is 3. The number of rotatable bonds is 7. The van der Waals surface area contributed by atoms with E-state index in [9.17, 15) is 14.4 Å². The predicted octanol–water partition coefficient (Wildman–Crippen LogP) is 5.69. The van der Waals surface area contributed by atoms with Gasteiger partial charge in [-0.3, -0.25) is 14.5 Å². The minimum Gasteiger partial charge on any atom is -0.483 e. The molecule has 0 bridgehead atoms. The number of benzene rings is 3. The van der Waals surface area contributed by atoms with E-state index in [0.29, 0.717) is 37.7 Å². The number of ether oxygens (including phenoxy) is 2. The van der Waals surface area contributed by atoms with Crippen LogP contribution in [0.5, 0.6) is 5.75 Å². The lowest BCUT2D eigenvalue weighted by Crippen LogP contribution is -2.38. The van der Waals surface area contributed by atoms with Gasteiger partial charge in [0, 0.05) is 36.6 Å². The number of aryl methyl sites for hydroxylation is 2. The second-order valence-corrected chi connectivity index (χ2v) is 10.5. The van der Waals surface area contributed by atoms with Crippen molar-refractivity contribution in [1.82, 2.24) is 4.90 Å². The number of piperidine rings is 1. The Morgan fingerprint density at radius 2 is 1.68 bits per heavy atom. The highest BCUT2D eigenvalue weighted by molar-refractivity contribution is 5.95. The van der Waals surface area contributed by atoms with Gasteiger partial charge >= 0.3 is 6.09 Å². The highest BCUT2D eigenvalue weighted by atomic mass is 16.6. The Morgan fingerprint density at radius 1 is 0.950 bits per heavy atom. The second-order valence-electron chi connectivity index (χ2n) is 10.5. The first kappa shape index (κ1) is 27.2. The third-order valence-corrected chi connectivity index (χ3v) is 7.55. The molecule has 0 radical (unpaired) electrons. The average Bonchev–Trinajstić information content (AvgIpc) is 2.98. The van der Waals surface area contributed by atoms with E-state index in [1.807, 2.05) is 73.3 Å². The largest absolute Gasteiger partial charge is 0.483 e. The van der Waals surface area contributed by atoms with E-state index in [1.54, 1.807) is 17.0 Å². The maximum absolute atomic E-state index is 13.1. The summed E-state index contributed by atoms with van der Waals surface area (Å²) in [6, 6.07) is 21.0. The van der Waals surface area contributed by atoms with Crippen LogP contribution in [0.15, 0.2) is 66.7 Å². The molecule has 0 atom stereocenters. The number of likely N-dealkylation sites (tertiary alicyclic amines) is 1. The molecule has 8 heteroatoms. The highest BCUT2D eigenvalue weighted by Crippen LogP contribution is 2.30. The van der Waals surface area contributed by atoms with Crippen molar-refractivity contribution in [3.63, 3.8) is 0 Å². The number of carbonyl (C=O) groups is 3. The van der Waals surface area contributed by atoms with Crippen molar-refractivity contribution in [2.45, 2.75) is 39.0 Å². The molecule has 3 aromatic rings. The van der Waals surface area contributed by atoms with Crippen molar-refractivity contribution in [1.29, 1.82) is 0 Å². The quantitative estimate of drug-likeness (QED) is 0.415. The summed E-state index contributed by atoms with van der Waals surface area (Å²) >= 11 is 0. The predicted molar refractivity (Wildman–Crippen MR) is 154 cm³/mol. The van der Waals surface area contributed by atoms with E-state index < -0.39 is 0 Å².